The topological polar surface area (TPSA) is 415 Å². The molecule has 0 bridgehead atoms. The average Bonchev–Trinajstić information content (AvgIpc) is 3.78. The fraction of sp³-hybridized carbons (Fsp3) is 0.560. The SMILES string of the molecule is O=P1(c2ccccc2)C(c2cc(O[C@H]3O[C@H](CO)[C@@H](O)[C@H](O)[C@@H]3O)cc(O[C@H]3O[C@H](CO)[C@@H](O)[C@H](O)[C@@H]3O)c2)=C2CCCCC2=C1c1cc(O[C@H]2O[C@H](CO)[C@@H](O)[C@H](O)[C@@H]2O)cc(O[C@H]2O[C@H](CO)[C@@H](O)[C@H](O)[C@@H]2O)c1. The highest BCUT2D eigenvalue weighted by Gasteiger charge is 2.51. The van der Waals surface area contributed by atoms with Crippen LogP contribution in [0, 0.1) is 0 Å². The van der Waals surface area contributed by atoms with Crippen molar-refractivity contribution in [3.8, 4) is 23.0 Å². The van der Waals surface area contributed by atoms with Crippen LogP contribution in [-0.4, -0.2) is 231 Å². The molecule has 4 saturated heterocycles. The second-order valence-corrected chi connectivity index (χ2v) is 22.1. The molecule has 1 saturated carbocycles. The van der Waals surface area contributed by atoms with Gasteiger partial charge in [-0.05, 0) is 72.2 Å². The van der Waals surface area contributed by atoms with Gasteiger partial charge in [-0.2, -0.15) is 0 Å². The first-order valence-corrected chi connectivity index (χ1v) is 26.4. The molecule has 3 aromatic rings. The van der Waals surface area contributed by atoms with Gasteiger partial charge in [0.1, 0.15) is 121 Å². The maximum Gasteiger partial charge on any atom is 0.229 e. The lowest BCUT2D eigenvalue weighted by Gasteiger charge is -2.40. The Morgan fingerprint density at radius 1 is 0.395 bits per heavy atom. The third-order valence-corrected chi connectivity index (χ3v) is 17.8. The summed E-state index contributed by atoms with van der Waals surface area (Å²) in [6, 6.07) is 16.4. The molecule has 9 rings (SSSR count). The number of hydrogen-bond acceptors (Lipinski definition) is 25. The Labute approximate surface area is 433 Å². The number of hydrogen-bond donors (Lipinski definition) is 16. The third-order valence-electron chi connectivity index (χ3n) is 14.5. The van der Waals surface area contributed by atoms with Crippen molar-refractivity contribution < 1.29 is 124 Å². The van der Waals surface area contributed by atoms with Crippen LogP contribution in [0.25, 0.3) is 10.6 Å². The lowest BCUT2D eigenvalue weighted by molar-refractivity contribution is -0.278. The summed E-state index contributed by atoms with van der Waals surface area (Å²) in [7, 11) is -4.33. The summed E-state index contributed by atoms with van der Waals surface area (Å²) in [5, 5.41) is 170. The van der Waals surface area contributed by atoms with Crippen molar-refractivity contribution in [2.24, 2.45) is 0 Å². The predicted molar refractivity (Wildman–Crippen MR) is 256 cm³/mol. The fourth-order valence-corrected chi connectivity index (χ4v) is 14.0. The van der Waals surface area contributed by atoms with Crippen LogP contribution in [0.3, 0.4) is 0 Å². The highest BCUT2D eigenvalue weighted by atomic mass is 31.2. The summed E-state index contributed by atoms with van der Waals surface area (Å²) in [6.07, 6.45) is -33.0. The number of rotatable bonds is 15. The van der Waals surface area contributed by atoms with E-state index in [9.17, 15) is 81.7 Å². The summed E-state index contributed by atoms with van der Waals surface area (Å²) >= 11 is 0. The predicted octanol–water partition coefficient (Wildman–Crippen LogP) is -4.20. The fourth-order valence-electron chi connectivity index (χ4n) is 10.4. The van der Waals surface area contributed by atoms with Crippen molar-refractivity contribution in [2.75, 3.05) is 26.4 Å². The van der Waals surface area contributed by atoms with Gasteiger partial charge in [-0.15, -0.1) is 0 Å². The molecule has 418 valence electrons. The monoisotopic (exact) mass is 1090 g/mol. The number of aliphatic hydroxyl groups excluding tert-OH is 16. The number of aliphatic hydroxyl groups is 16. The first kappa shape index (κ1) is 56.5. The molecule has 0 spiro atoms. The summed E-state index contributed by atoms with van der Waals surface area (Å²) in [5.74, 6) is -0.815. The van der Waals surface area contributed by atoms with Gasteiger partial charge in [0.25, 0.3) is 0 Å². The highest BCUT2D eigenvalue weighted by molar-refractivity contribution is 7.90. The third kappa shape index (κ3) is 10.6. The Morgan fingerprint density at radius 3 is 0.934 bits per heavy atom. The molecule has 76 heavy (non-hydrogen) atoms. The van der Waals surface area contributed by atoms with Crippen LogP contribution >= 0.6 is 7.14 Å². The quantitative estimate of drug-likeness (QED) is 0.0642. The van der Waals surface area contributed by atoms with Gasteiger partial charge < -0.3 is 124 Å². The van der Waals surface area contributed by atoms with E-state index >= 15 is 4.57 Å². The Kier molecular flexibility index (Phi) is 17.3. The van der Waals surface area contributed by atoms with Gasteiger partial charge in [-0.1, -0.05) is 30.3 Å². The molecule has 0 unspecified atom stereocenters. The Balaban J connectivity index is 1.21. The van der Waals surface area contributed by atoms with Crippen molar-refractivity contribution in [3.05, 3.63) is 89.0 Å². The molecule has 5 heterocycles. The smallest absolute Gasteiger partial charge is 0.229 e. The van der Waals surface area contributed by atoms with E-state index in [1.165, 1.54) is 36.4 Å². The van der Waals surface area contributed by atoms with Gasteiger partial charge >= 0.3 is 0 Å². The lowest BCUT2D eigenvalue weighted by Crippen LogP contribution is -2.60. The van der Waals surface area contributed by atoms with Gasteiger partial charge in [0.05, 0.1) is 26.4 Å². The minimum Gasteiger partial charge on any atom is -0.462 e. The summed E-state index contributed by atoms with van der Waals surface area (Å²) in [6.45, 7) is -3.19. The van der Waals surface area contributed by atoms with Crippen LogP contribution in [0.2, 0.25) is 0 Å². The standard InChI is InChI=1S/C50H63O25P/c51-16-29-33(55)37(59)41(63)47(72-29)68-22-10-20(11-23(14-22)69-48-42(64)38(60)34(56)30(17-52)73-48)45-27-8-4-5-9-28(27)46(76(45,67)26-6-2-1-3-7-26)21-12-24(70-49-43(65)39(61)35(57)31(18-53)74-49)15-25(13-21)71-50-44(66)40(62)36(58)32(19-54)75-50/h1-3,6-7,10-15,29-44,47-66H,4-5,8-9,16-19H2/t29-,30-,31-,32-,33-,34-,35-,36-,37+,38+,39+,40+,41+,42+,43+,44+,47+,48+,49+,50+/m1/s1. The number of benzene rings is 3. The Hall–Kier alpha value is -4.23. The number of ether oxygens (including phenoxy) is 8. The first-order chi connectivity index (χ1) is 36.3. The van der Waals surface area contributed by atoms with E-state index in [-0.39, 0.29) is 50.1 Å². The average molecular weight is 1100 g/mol. The molecule has 3 aromatic carbocycles. The highest BCUT2D eigenvalue weighted by Crippen LogP contribution is 2.75. The van der Waals surface area contributed by atoms with Gasteiger partial charge in [0, 0.05) is 28.1 Å². The summed E-state index contributed by atoms with van der Waals surface area (Å²) in [5.41, 5.74) is 1.41. The molecular formula is C50H63O25P. The second-order valence-electron chi connectivity index (χ2n) is 19.5. The normalized spacial score (nSPS) is 38.6. The van der Waals surface area contributed by atoms with Crippen LogP contribution in [0.4, 0.5) is 0 Å². The number of fused-ring (bicyclic) bond motifs is 1. The van der Waals surface area contributed by atoms with E-state index in [1.54, 1.807) is 30.3 Å². The van der Waals surface area contributed by atoms with Gasteiger partial charge in [0.2, 0.25) is 25.2 Å². The minimum atomic E-state index is -4.33. The van der Waals surface area contributed by atoms with Gasteiger partial charge in [-0.3, -0.25) is 0 Å². The van der Waals surface area contributed by atoms with E-state index in [4.69, 9.17) is 37.9 Å². The van der Waals surface area contributed by atoms with Crippen molar-refractivity contribution in [2.45, 2.75) is 149 Å². The molecule has 25 nitrogen and oxygen atoms in total. The van der Waals surface area contributed by atoms with E-state index in [0.717, 1.165) is 0 Å². The number of allylic oxidation sites excluding steroid dienone is 2. The molecule has 0 radical (unpaired) electrons. The Bertz CT molecular complexity index is 2350. The molecular weight excluding hydrogens is 1030 g/mol. The molecule has 20 atom stereocenters. The molecule has 0 amide bonds. The second kappa shape index (κ2) is 23.2. The van der Waals surface area contributed by atoms with Crippen LogP contribution < -0.4 is 24.3 Å². The van der Waals surface area contributed by atoms with Crippen molar-refractivity contribution >= 4 is 23.1 Å². The maximum absolute atomic E-state index is 17.2. The zero-order chi connectivity index (χ0) is 54.5. The molecule has 0 aromatic heterocycles. The largest absolute Gasteiger partial charge is 0.462 e. The van der Waals surface area contributed by atoms with Crippen molar-refractivity contribution in [1.29, 1.82) is 0 Å². The summed E-state index contributed by atoms with van der Waals surface area (Å²) < 4.78 is 64.5. The van der Waals surface area contributed by atoms with Crippen molar-refractivity contribution in [3.63, 3.8) is 0 Å². The van der Waals surface area contributed by atoms with Gasteiger partial charge in [0.15, 0.2) is 7.14 Å². The van der Waals surface area contributed by atoms with E-state index in [1.807, 2.05) is 0 Å². The minimum absolute atomic E-state index is 0.129. The van der Waals surface area contributed by atoms with E-state index < -0.39 is 156 Å². The molecule has 26 heteroatoms. The lowest BCUT2D eigenvalue weighted by atomic mass is 9.87. The van der Waals surface area contributed by atoms with Crippen LogP contribution in [0.1, 0.15) is 36.8 Å². The molecule has 6 aliphatic rings. The van der Waals surface area contributed by atoms with E-state index in [2.05, 4.69) is 0 Å². The summed E-state index contributed by atoms with van der Waals surface area (Å²) in [4.78, 5) is 0. The molecule has 5 fully saturated rings. The van der Waals surface area contributed by atoms with Crippen LogP contribution in [0.15, 0.2) is 77.9 Å². The van der Waals surface area contributed by atoms with Crippen LogP contribution in [-0.2, 0) is 23.5 Å². The molecule has 16 N–H and O–H groups in total. The van der Waals surface area contributed by atoms with Gasteiger partial charge in [-0.25, -0.2) is 0 Å². The molecule has 1 aliphatic carbocycles. The maximum atomic E-state index is 17.2. The molecule has 5 aliphatic heterocycles. The first-order valence-electron chi connectivity index (χ1n) is 24.7. The van der Waals surface area contributed by atoms with Crippen LogP contribution in [0.5, 0.6) is 23.0 Å². The Morgan fingerprint density at radius 2 is 0.671 bits per heavy atom. The zero-order valence-electron chi connectivity index (χ0n) is 40.3. The zero-order valence-corrected chi connectivity index (χ0v) is 41.2. The van der Waals surface area contributed by atoms with E-state index in [0.29, 0.717) is 36.8 Å². The van der Waals surface area contributed by atoms with Crippen molar-refractivity contribution in [1.82, 2.24) is 0 Å².